The number of hydrogen-bond acceptors (Lipinski definition) is 4. The van der Waals surface area contributed by atoms with Gasteiger partial charge in [-0.1, -0.05) is 12.1 Å². The first-order valence-electron chi connectivity index (χ1n) is 8.82. The molecule has 5 heteroatoms. The number of carbonyl (C=O) groups excluding carboxylic acids is 1. The molecule has 1 amide bonds. The van der Waals surface area contributed by atoms with Gasteiger partial charge in [-0.3, -0.25) is 9.59 Å². The second-order valence-electron chi connectivity index (χ2n) is 6.62. The highest BCUT2D eigenvalue weighted by Gasteiger charge is 2.16. The van der Waals surface area contributed by atoms with E-state index in [2.05, 4.69) is 10.2 Å². The van der Waals surface area contributed by atoms with Crippen molar-refractivity contribution in [2.24, 2.45) is 0 Å². The molecule has 1 aliphatic rings. The Bertz CT molecular complexity index is 1030. The normalized spacial score (nSPS) is 14.0. The van der Waals surface area contributed by atoms with E-state index < -0.39 is 5.91 Å². The van der Waals surface area contributed by atoms with Crippen LogP contribution in [0.25, 0.3) is 11.0 Å². The van der Waals surface area contributed by atoms with Crippen LogP contribution in [0.2, 0.25) is 0 Å². The minimum atomic E-state index is -0.429. The number of anilines is 2. The van der Waals surface area contributed by atoms with Crippen LogP contribution in [0.4, 0.5) is 11.4 Å². The lowest BCUT2D eigenvalue weighted by Crippen LogP contribution is -2.19. The third-order valence-corrected chi connectivity index (χ3v) is 4.76. The van der Waals surface area contributed by atoms with Gasteiger partial charge in [-0.2, -0.15) is 0 Å². The van der Waals surface area contributed by atoms with Gasteiger partial charge in [-0.25, -0.2) is 0 Å². The van der Waals surface area contributed by atoms with Crippen LogP contribution in [0.15, 0.2) is 57.7 Å². The maximum atomic E-state index is 12.5. The van der Waals surface area contributed by atoms with Crippen molar-refractivity contribution in [2.75, 3.05) is 23.3 Å². The number of nitrogens with zero attached hydrogens (tertiary/aromatic N) is 1. The molecule has 1 N–H and O–H groups in total. The minimum absolute atomic E-state index is 0.00923. The quantitative estimate of drug-likeness (QED) is 0.778. The summed E-state index contributed by atoms with van der Waals surface area (Å²) in [6, 6.07) is 14.0. The van der Waals surface area contributed by atoms with Gasteiger partial charge < -0.3 is 14.6 Å². The van der Waals surface area contributed by atoms with Crippen molar-refractivity contribution in [3.63, 3.8) is 0 Å². The molecule has 1 aliphatic heterocycles. The van der Waals surface area contributed by atoms with Crippen LogP contribution in [0.3, 0.4) is 0 Å². The summed E-state index contributed by atoms with van der Waals surface area (Å²) in [6.07, 6.45) is 2.44. The van der Waals surface area contributed by atoms with Gasteiger partial charge in [0.15, 0.2) is 11.2 Å². The maximum Gasteiger partial charge on any atom is 0.291 e. The Labute approximate surface area is 151 Å². The molecule has 5 nitrogen and oxygen atoms in total. The van der Waals surface area contributed by atoms with Crippen LogP contribution in [0.1, 0.15) is 29.0 Å². The van der Waals surface area contributed by atoms with Crippen molar-refractivity contribution < 1.29 is 9.21 Å². The second-order valence-corrected chi connectivity index (χ2v) is 6.62. The Balaban J connectivity index is 1.58. The lowest BCUT2D eigenvalue weighted by Gasteiger charge is -2.20. The predicted octanol–water partition coefficient (Wildman–Crippen LogP) is 3.95. The Morgan fingerprint density at radius 3 is 2.62 bits per heavy atom. The topological polar surface area (TPSA) is 62.6 Å². The number of fused-ring (bicyclic) bond motifs is 1. The number of benzene rings is 2. The lowest BCUT2D eigenvalue weighted by atomic mass is 10.1. The van der Waals surface area contributed by atoms with E-state index in [1.54, 1.807) is 24.3 Å². The SMILES string of the molecule is Cc1cc(NC(=O)c2cc(=O)c3ccccc3o2)ccc1N1CCCC1. The highest BCUT2D eigenvalue weighted by Crippen LogP contribution is 2.27. The van der Waals surface area contributed by atoms with Crippen LogP contribution in [-0.4, -0.2) is 19.0 Å². The second kappa shape index (κ2) is 6.67. The molecule has 2 heterocycles. The zero-order chi connectivity index (χ0) is 18.1. The fourth-order valence-corrected chi connectivity index (χ4v) is 3.45. The Morgan fingerprint density at radius 1 is 1.08 bits per heavy atom. The molecule has 0 bridgehead atoms. The molecular formula is C21H20N2O3. The number of hydrogen-bond donors (Lipinski definition) is 1. The van der Waals surface area contributed by atoms with Gasteiger partial charge in [0.2, 0.25) is 0 Å². The predicted molar refractivity (Wildman–Crippen MR) is 103 cm³/mol. The molecule has 0 unspecified atom stereocenters. The minimum Gasteiger partial charge on any atom is -0.451 e. The van der Waals surface area contributed by atoms with E-state index in [0.717, 1.165) is 18.7 Å². The lowest BCUT2D eigenvalue weighted by molar-refractivity contribution is 0.0997. The molecule has 4 rings (SSSR count). The van der Waals surface area contributed by atoms with Gasteiger partial charge in [-0.15, -0.1) is 0 Å². The van der Waals surface area contributed by atoms with Gasteiger partial charge in [0, 0.05) is 30.5 Å². The average molecular weight is 348 g/mol. The molecule has 0 saturated carbocycles. The average Bonchev–Trinajstić information content (AvgIpc) is 3.16. The molecule has 3 aromatic rings. The summed E-state index contributed by atoms with van der Waals surface area (Å²) in [5, 5.41) is 3.29. The van der Waals surface area contributed by atoms with Crippen molar-refractivity contribution in [3.05, 3.63) is 70.1 Å². The number of para-hydroxylation sites is 1. The van der Waals surface area contributed by atoms with E-state index in [1.807, 2.05) is 25.1 Å². The van der Waals surface area contributed by atoms with E-state index in [1.165, 1.54) is 24.6 Å². The highest BCUT2D eigenvalue weighted by molar-refractivity contribution is 6.03. The third kappa shape index (κ3) is 3.08. The monoisotopic (exact) mass is 348 g/mol. The van der Waals surface area contributed by atoms with Gasteiger partial charge in [0.1, 0.15) is 5.58 Å². The van der Waals surface area contributed by atoms with E-state index in [4.69, 9.17) is 4.42 Å². The summed E-state index contributed by atoms with van der Waals surface area (Å²) < 4.78 is 5.59. The number of carbonyl (C=O) groups is 1. The summed E-state index contributed by atoms with van der Waals surface area (Å²) in [7, 11) is 0. The van der Waals surface area contributed by atoms with Crippen LogP contribution in [0, 0.1) is 6.92 Å². The summed E-state index contributed by atoms with van der Waals surface area (Å²) in [4.78, 5) is 27.0. The van der Waals surface area contributed by atoms with Crippen molar-refractivity contribution >= 4 is 28.3 Å². The first-order chi connectivity index (χ1) is 12.6. The Morgan fingerprint density at radius 2 is 1.85 bits per heavy atom. The van der Waals surface area contributed by atoms with Crippen molar-refractivity contribution in [3.8, 4) is 0 Å². The fourth-order valence-electron chi connectivity index (χ4n) is 3.45. The fraction of sp³-hybridized carbons (Fsp3) is 0.238. The van der Waals surface area contributed by atoms with E-state index in [9.17, 15) is 9.59 Å². The van der Waals surface area contributed by atoms with Crippen LogP contribution >= 0.6 is 0 Å². The molecule has 1 aromatic heterocycles. The summed E-state index contributed by atoms with van der Waals surface area (Å²) >= 11 is 0. The van der Waals surface area contributed by atoms with Gasteiger partial charge in [0.25, 0.3) is 5.91 Å². The molecule has 0 atom stereocenters. The zero-order valence-corrected chi connectivity index (χ0v) is 14.6. The van der Waals surface area contributed by atoms with E-state index in [0.29, 0.717) is 16.7 Å². The number of rotatable bonds is 3. The number of amides is 1. The van der Waals surface area contributed by atoms with Crippen LogP contribution in [0.5, 0.6) is 0 Å². The first kappa shape index (κ1) is 16.4. The maximum absolute atomic E-state index is 12.5. The van der Waals surface area contributed by atoms with Crippen molar-refractivity contribution in [1.29, 1.82) is 0 Å². The summed E-state index contributed by atoms with van der Waals surface area (Å²) in [5.41, 5.74) is 3.19. The van der Waals surface area contributed by atoms with Crippen molar-refractivity contribution in [1.82, 2.24) is 0 Å². The third-order valence-electron chi connectivity index (χ3n) is 4.76. The molecular weight excluding hydrogens is 328 g/mol. The number of aryl methyl sites for hydroxylation is 1. The Kier molecular flexibility index (Phi) is 4.21. The molecule has 26 heavy (non-hydrogen) atoms. The Hall–Kier alpha value is -3.08. The van der Waals surface area contributed by atoms with E-state index >= 15 is 0 Å². The van der Waals surface area contributed by atoms with Crippen LogP contribution < -0.4 is 15.6 Å². The molecule has 1 fully saturated rings. The molecule has 0 aliphatic carbocycles. The number of nitrogens with one attached hydrogen (secondary N) is 1. The first-order valence-corrected chi connectivity index (χ1v) is 8.82. The van der Waals surface area contributed by atoms with Gasteiger partial charge in [0.05, 0.1) is 5.39 Å². The molecule has 2 aromatic carbocycles. The zero-order valence-electron chi connectivity index (χ0n) is 14.6. The molecule has 0 spiro atoms. The van der Waals surface area contributed by atoms with Gasteiger partial charge >= 0.3 is 0 Å². The molecule has 1 saturated heterocycles. The smallest absolute Gasteiger partial charge is 0.291 e. The molecule has 0 radical (unpaired) electrons. The van der Waals surface area contributed by atoms with Crippen LogP contribution in [-0.2, 0) is 0 Å². The van der Waals surface area contributed by atoms with Crippen molar-refractivity contribution in [2.45, 2.75) is 19.8 Å². The standard InChI is InChI=1S/C21H20N2O3/c1-14-12-15(8-9-17(14)23-10-4-5-11-23)22-21(25)20-13-18(24)16-6-2-3-7-19(16)26-20/h2-3,6-9,12-13H,4-5,10-11H2,1H3,(H,22,25). The molecule has 132 valence electrons. The van der Waals surface area contributed by atoms with E-state index in [-0.39, 0.29) is 11.2 Å². The summed E-state index contributed by atoms with van der Waals surface area (Å²) in [5.74, 6) is -0.420. The van der Waals surface area contributed by atoms with Gasteiger partial charge in [-0.05, 0) is 55.7 Å². The largest absolute Gasteiger partial charge is 0.451 e. The summed E-state index contributed by atoms with van der Waals surface area (Å²) in [6.45, 7) is 4.20. The highest BCUT2D eigenvalue weighted by atomic mass is 16.3.